The maximum absolute atomic E-state index is 12.4. The van der Waals surface area contributed by atoms with Gasteiger partial charge in [-0.3, -0.25) is 10.4 Å². The molecule has 5 nitrogen and oxygen atoms in total. The van der Waals surface area contributed by atoms with E-state index in [1.54, 1.807) is 31.5 Å². The van der Waals surface area contributed by atoms with E-state index in [1.807, 2.05) is 0 Å². The number of hydrogen-bond donors (Lipinski definition) is 2. The molecule has 0 radical (unpaired) electrons. The number of carbonyl (C=O) groups excluding carboxylic acids is 1. The van der Waals surface area contributed by atoms with Crippen molar-refractivity contribution in [2.24, 2.45) is 0 Å². The Morgan fingerprint density at radius 2 is 2.27 bits per heavy atom. The highest BCUT2D eigenvalue weighted by Crippen LogP contribution is 2.36. The number of rotatable bonds is 4. The molecule has 1 unspecified atom stereocenters. The average Bonchev–Trinajstić information content (AvgIpc) is 2.52. The van der Waals surface area contributed by atoms with Gasteiger partial charge >= 0.3 is 5.97 Å². The van der Waals surface area contributed by atoms with Crippen LogP contribution in [0.25, 0.3) is 0 Å². The quantitative estimate of drug-likeness (QED) is 0.293. The molecule has 2 heterocycles. The maximum atomic E-state index is 12.4. The first-order valence-corrected chi connectivity index (χ1v) is 7.00. The number of aromatic nitrogens is 1. The smallest absolute Gasteiger partial charge is 0.337 e. The second-order valence-electron chi connectivity index (χ2n) is 4.63. The average molecular weight is 313 g/mol. The summed E-state index contributed by atoms with van der Waals surface area (Å²) in [6, 6.07) is 3.56. The second-order valence-corrected chi connectivity index (χ2v) is 5.04. The lowest BCUT2D eigenvalue weighted by atomic mass is 9.82. The predicted octanol–water partition coefficient (Wildman–Crippen LogP) is 2.27. The summed E-state index contributed by atoms with van der Waals surface area (Å²) < 4.78 is 5.16. The Morgan fingerprint density at radius 1 is 1.59 bits per heavy atom. The van der Waals surface area contributed by atoms with Crippen LogP contribution < -0.4 is 5.32 Å². The minimum absolute atomic E-state index is 0.118. The normalized spacial score (nSPS) is 17.6. The van der Waals surface area contributed by atoms with Crippen molar-refractivity contribution in [3.63, 3.8) is 0 Å². The number of allylic oxidation sites excluding steroid dienone is 1. The van der Waals surface area contributed by atoms with E-state index in [9.17, 15) is 4.79 Å². The molecule has 6 heteroatoms. The summed E-state index contributed by atoms with van der Waals surface area (Å²) in [6.07, 6.45) is 4.76. The summed E-state index contributed by atoms with van der Waals surface area (Å²) >= 11 is 5.26. The lowest BCUT2D eigenvalue weighted by Crippen LogP contribution is -2.35. The van der Waals surface area contributed by atoms with E-state index in [4.69, 9.17) is 22.4 Å². The number of thiocarbonyl (C=S) groups is 1. The zero-order valence-electron chi connectivity index (χ0n) is 12.1. The van der Waals surface area contributed by atoms with Gasteiger partial charge in [0.15, 0.2) is 0 Å². The van der Waals surface area contributed by atoms with E-state index in [-0.39, 0.29) is 6.61 Å². The third-order valence-corrected chi connectivity index (χ3v) is 3.58. The highest BCUT2D eigenvalue weighted by molar-refractivity contribution is 7.80. The summed E-state index contributed by atoms with van der Waals surface area (Å²) in [7, 11) is 0. The molecule has 0 aliphatic carbocycles. The number of hydrogen-bond acceptors (Lipinski definition) is 5. The van der Waals surface area contributed by atoms with E-state index < -0.39 is 11.9 Å². The standard InChI is InChI=1S/C16H15N3O2S/c1-3-8-21-16(20)13-10(2)19-15(22)12(9-17)14(13)11-4-6-18-7-5-11/h3-7,14,17H,1,8H2,2H3,(H,19,22). The first kappa shape index (κ1) is 15.8. The Kier molecular flexibility index (Phi) is 4.99. The van der Waals surface area contributed by atoms with Crippen LogP contribution in [0.3, 0.4) is 0 Å². The van der Waals surface area contributed by atoms with Crippen molar-refractivity contribution in [2.75, 3.05) is 6.61 Å². The van der Waals surface area contributed by atoms with Gasteiger partial charge in [-0.05, 0) is 30.5 Å². The number of pyridine rings is 1. The molecule has 112 valence electrons. The van der Waals surface area contributed by atoms with E-state index >= 15 is 0 Å². The fourth-order valence-corrected chi connectivity index (χ4v) is 2.62. The first-order valence-electron chi connectivity index (χ1n) is 6.59. The van der Waals surface area contributed by atoms with Crippen molar-refractivity contribution < 1.29 is 9.53 Å². The van der Waals surface area contributed by atoms with E-state index in [0.717, 1.165) is 5.56 Å². The van der Waals surface area contributed by atoms with Crippen molar-refractivity contribution >= 4 is 29.0 Å². The molecule has 0 saturated carbocycles. The summed E-state index contributed by atoms with van der Waals surface area (Å²) in [4.78, 5) is 16.8. The summed E-state index contributed by atoms with van der Waals surface area (Å²) in [5, 5.41) is 10.5. The lowest BCUT2D eigenvalue weighted by molar-refractivity contribution is -0.138. The second kappa shape index (κ2) is 6.93. The lowest BCUT2D eigenvalue weighted by Gasteiger charge is -2.29. The van der Waals surface area contributed by atoms with Gasteiger partial charge in [-0.25, -0.2) is 4.79 Å². The fourth-order valence-electron chi connectivity index (χ4n) is 2.30. The minimum atomic E-state index is -0.494. The molecule has 1 aliphatic heterocycles. The molecule has 0 aromatic carbocycles. The summed E-state index contributed by atoms with van der Waals surface area (Å²) in [5.41, 5.74) is 2.26. The third-order valence-electron chi connectivity index (χ3n) is 3.25. The molecular weight excluding hydrogens is 298 g/mol. The van der Waals surface area contributed by atoms with Crippen molar-refractivity contribution in [1.29, 1.82) is 5.41 Å². The molecule has 1 aromatic heterocycles. The molecule has 1 aliphatic rings. The molecule has 2 rings (SSSR count). The van der Waals surface area contributed by atoms with Gasteiger partial charge in [0.2, 0.25) is 0 Å². The monoisotopic (exact) mass is 313 g/mol. The van der Waals surface area contributed by atoms with Gasteiger partial charge in [0.1, 0.15) is 11.6 Å². The van der Waals surface area contributed by atoms with Gasteiger partial charge in [0.25, 0.3) is 0 Å². The van der Waals surface area contributed by atoms with E-state index in [2.05, 4.69) is 22.7 Å². The zero-order valence-corrected chi connectivity index (χ0v) is 12.9. The van der Waals surface area contributed by atoms with Gasteiger partial charge in [-0.1, -0.05) is 24.9 Å². The highest BCUT2D eigenvalue weighted by Gasteiger charge is 2.35. The van der Waals surface area contributed by atoms with Gasteiger partial charge in [-0.2, -0.15) is 0 Å². The Bertz CT molecular complexity index is 703. The Balaban J connectivity index is 2.56. The minimum Gasteiger partial charge on any atom is -0.458 e. The summed E-state index contributed by atoms with van der Waals surface area (Å²) in [6.45, 7) is 5.41. The van der Waals surface area contributed by atoms with Crippen molar-refractivity contribution in [3.05, 3.63) is 59.6 Å². The fraction of sp³-hybridized carbons (Fsp3) is 0.188. The number of esters is 1. The predicted molar refractivity (Wildman–Crippen MR) is 87.8 cm³/mol. The number of ether oxygens (including phenoxy) is 1. The molecule has 0 spiro atoms. The van der Waals surface area contributed by atoms with E-state index in [0.29, 0.717) is 21.8 Å². The van der Waals surface area contributed by atoms with Crippen LogP contribution in [0.2, 0.25) is 0 Å². The van der Waals surface area contributed by atoms with Crippen LogP contribution in [0, 0.1) is 5.41 Å². The summed E-state index contributed by atoms with van der Waals surface area (Å²) in [5.74, 6) is 1.38. The molecule has 22 heavy (non-hydrogen) atoms. The molecule has 1 atom stereocenters. The molecule has 0 saturated heterocycles. The van der Waals surface area contributed by atoms with Crippen molar-refractivity contribution in [2.45, 2.75) is 12.8 Å². The van der Waals surface area contributed by atoms with Gasteiger partial charge < -0.3 is 10.1 Å². The van der Waals surface area contributed by atoms with Gasteiger partial charge in [0.05, 0.1) is 17.1 Å². The first-order chi connectivity index (χ1) is 10.6. The SMILES string of the molecule is C=CCOC(=O)C1=C(C)NC(=S)C(=C=N)C1c1ccncc1. The van der Waals surface area contributed by atoms with Crippen LogP contribution in [-0.2, 0) is 9.53 Å². The molecule has 1 aromatic rings. The van der Waals surface area contributed by atoms with E-state index in [1.165, 1.54) is 6.08 Å². The highest BCUT2D eigenvalue weighted by atomic mass is 32.1. The maximum Gasteiger partial charge on any atom is 0.337 e. The van der Waals surface area contributed by atoms with Crippen molar-refractivity contribution in [1.82, 2.24) is 10.3 Å². The van der Waals surface area contributed by atoms with Gasteiger partial charge in [0, 0.05) is 18.1 Å². The number of nitrogens with one attached hydrogen (secondary N) is 2. The van der Waals surface area contributed by atoms with Crippen LogP contribution >= 0.6 is 12.2 Å². The Hall–Kier alpha value is -2.56. The number of carbonyl (C=O) groups is 1. The van der Waals surface area contributed by atoms with Crippen molar-refractivity contribution in [3.8, 4) is 0 Å². The molecular formula is C16H15N3O2S. The molecule has 0 bridgehead atoms. The third kappa shape index (κ3) is 3.03. The van der Waals surface area contributed by atoms with Gasteiger partial charge in [-0.15, -0.1) is 0 Å². The number of nitrogens with zero attached hydrogens (tertiary/aromatic N) is 1. The van der Waals surface area contributed by atoms with Crippen LogP contribution in [0.5, 0.6) is 0 Å². The topological polar surface area (TPSA) is 75.1 Å². The zero-order chi connectivity index (χ0) is 16.1. The molecule has 0 amide bonds. The van der Waals surface area contributed by atoms with Crippen LogP contribution in [0.1, 0.15) is 18.4 Å². The van der Waals surface area contributed by atoms with Crippen LogP contribution in [0.4, 0.5) is 0 Å². The molecule has 0 fully saturated rings. The Morgan fingerprint density at radius 3 is 2.86 bits per heavy atom. The Labute approximate surface area is 133 Å². The largest absolute Gasteiger partial charge is 0.458 e. The van der Waals surface area contributed by atoms with Crippen LogP contribution in [0.15, 0.2) is 54.0 Å². The molecule has 2 N–H and O–H groups in total. The van der Waals surface area contributed by atoms with Crippen LogP contribution in [-0.4, -0.2) is 28.4 Å².